The average Bonchev–Trinajstić information content (AvgIpc) is 2.27. The number of carbonyl (C=O) groups excluding carboxylic acids is 1. The number of rotatable bonds is 3. The molecule has 0 radical (unpaired) electrons. The van der Waals surface area contributed by atoms with Crippen LogP contribution < -0.4 is 5.73 Å². The lowest BCUT2D eigenvalue weighted by Gasteiger charge is -2.09. The molecule has 88 valence electrons. The predicted octanol–water partition coefficient (Wildman–Crippen LogP) is 2.13. The summed E-state index contributed by atoms with van der Waals surface area (Å²) < 4.78 is 29.6. The Labute approximate surface area is 95.4 Å². The summed E-state index contributed by atoms with van der Waals surface area (Å²) in [6.45, 7) is 0. The van der Waals surface area contributed by atoms with E-state index >= 15 is 0 Å². The highest BCUT2D eigenvalue weighted by Crippen LogP contribution is 2.26. The molecule has 4 nitrogen and oxygen atoms in total. The molecule has 1 aromatic rings. The highest BCUT2D eigenvalue weighted by Gasteiger charge is 2.22. The predicted molar refractivity (Wildman–Crippen MR) is 54.5 cm³/mol. The van der Waals surface area contributed by atoms with Gasteiger partial charge in [-0.2, -0.15) is 0 Å². The number of carbonyl (C=O) groups is 1. The Hall–Kier alpha value is -1.43. The maximum absolute atomic E-state index is 12.6. The molecule has 0 aliphatic heterocycles. The number of aromatic nitrogens is 1. The minimum atomic E-state index is -2.84. The smallest absolute Gasteiger partial charge is 0.357 e. The summed E-state index contributed by atoms with van der Waals surface area (Å²) in [5.41, 5.74) is 4.69. The number of methoxy groups -OCH3 is 1. The van der Waals surface area contributed by atoms with Gasteiger partial charge in [0, 0.05) is 5.56 Å². The van der Waals surface area contributed by atoms with Crippen LogP contribution in [0.1, 0.15) is 28.0 Å². The number of alkyl halides is 3. The number of ether oxygens (including phenoxy) is 1. The van der Waals surface area contributed by atoms with Gasteiger partial charge in [-0.3, -0.25) is 0 Å². The first-order valence-electron chi connectivity index (χ1n) is 4.23. The topological polar surface area (TPSA) is 65.2 Å². The third-order valence-corrected chi connectivity index (χ3v) is 2.21. The molecule has 1 rings (SSSR count). The number of nitrogens with zero attached hydrogens (tertiary/aromatic N) is 1. The normalized spacial score (nSPS) is 10.6. The van der Waals surface area contributed by atoms with Crippen molar-refractivity contribution in [1.82, 2.24) is 4.98 Å². The van der Waals surface area contributed by atoms with Gasteiger partial charge in [0.2, 0.25) is 0 Å². The monoisotopic (exact) mass is 250 g/mol. The minimum absolute atomic E-state index is 0.0555. The molecular formula is C9H9ClF2N2O2. The zero-order valence-electron chi connectivity index (χ0n) is 8.34. The number of hydrogen-bond acceptors (Lipinski definition) is 4. The molecule has 1 aromatic heterocycles. The van der Waals surface area contributed by atoms with Crippen LogP contribution in [0.25, 0.3) is 0 Å². The first-order valence-corrected chi connectivity index (χ1v) is 4.76. The number of halogens is 3. The lowest BCUT2D eigenvalue weighted by Crippen LogP contribution is -2.12. The van der Waals surface area contributed by atoms with E-state index in [9.17, 15) is 13.6 Å². The molecule has 0 aliphatic rings. The van der Waals surface area contributed by atoms with Gasteiger partial charge in [0.1, 0.15) is 5.82 Å². The molecule has 0 spiro atoms. The Balaban J connectivity index is 3.36. The maximum atomic E-state index is 12.6. The van der Waals surface area contributed by atoms with Crippen molar-refractivity contribution in [2.45, 2.75) is 12.3 Å². The molecule has 0 atom stereocenters. The molecule has 0 bridgehead atoms. The quantitative estimate of drug-likeness (QED) is 0.659. The van der Waals surface area contributed by atoms with Crippen LogP contribution in [-0.4, -0.2) is 18.1 Å². The van der Waals surface area contributed by atoms with Crippen molar-refractivity contribution in [1.29, 1.82) is 0 Å². The Morgan fingerprint density at radius 2 is 2.31 bits per heavy atom. The Morgan fingerprint density at radius 1 is 1.69 bits per heavy atom. The van der Waals surface area contributed by atoms with Gasteiger partial charge in [-0.05, 0) is 6.07 Å². The molecule has 0 unspecified atom stereocenters. The van der Waals surface area contributed by atoms with Crippen LogP contribution in [-0.2, 0) is 10.6 Å². The van der Waals surface area contributed by atoms with E-state index in [1.807, 2.05) is 0 Å². The van der Waals surface area contributed by atoms with Crippen LogP contribution in [0.4, 0.5) is 14.6 Å². The van der Waals surface area contributed by atoms with Crippen LogP contribution in [0, 0.1) is 0 Å². The summed E-state index contributed by atoms with van der Waals surface area (Å²) >= 11 is 5.49. The van der Waals surface area contributed by atoms with Gasteiger partial charge in [-0.15, -0.1) is 11.6 Å². The first kappa shape index (κ1) is 12.6. The van der Waals surface area contributed by atoms with Crippen LogP contribution in [0.15, 0.2) is 6.07 Å². The molecular weight excluding hydrogens is 242 g/mol. The number of nitrogens with two attached hydrogens (primary N) is 1. The van der Waals surface area contributed by atoms with Gasteiger partial charge >= 0.3 is 5.97 Å². The highest BCUT2D eigenvalue weighted by atomic mass is 35.5. The van der Waals surface area contributed by atoms with Crippen LogP contribution in [0.3, 0.4) is 0 Å². The van der Waals surface area contributed by atoms with Gasteiger partial charge in [-0.25, -0.2) is 18.6 Å². The number of nitrogen functional groups attached to an aromatic ring is 1. The second-order valence-electron chi connectivity index (χ2n) is 2.90. The standard InChI is InChI=1S/C9H9ClF2N2O2/c1-16-9(15)6-5(7(11)12)2-4(3-10)8(13)14-6/h2,7H,3H2,1H3,(H2,13,14). The van der Waals surface area contributed by atoms with E-state index in [2.05, 4.69) is 9.72 Å². The number of anilines is 1. The lowest BCUT2D eigenvalue weighted by molar-refractivity contribution is 0.0582. The first-order chi connectivity index (χ1) is 7.51. The maximum Gasteiger partial charge on any atom is 0.357 e. The molecule has 0 amide bonds. The summed E-state index contributed by atoms with van der Waals surface area (Å²) in [6.07, 6.45) is -2.84. The third kappa shape index (κ3) is 2.38. The van der Waals surface area contributed by atoms with E-state index in [1.165, 1.54) is 0 Å². The van der Waals surface area contributed by atoms with Crippen molar-refractivity contribution in [3.8, 4) is 0 Å². The summed E-state index contributed by atoms with van der Waals surface area (Å²) in [4.78, 5) is 14.8. The zero-order chi connectivity index (χ0) is 12.3. The molecule has 0 aliphatic carbocycles. The van der Waals surface area contributed by atoms with E-state index in [1.54, 1.807) is 0 Å². The van der Waals surface area contributed by atoms with Gasteiger partial charge in [0.25, 0.3) is 6.43 Å². The summed E-state index contributed by atoms with van der Waals surface area (Å²) in [5, 5.41) is 0. The Bertz CT molecular complexity index is 413. The lowest BCUT2D eigenvalue weighted by atomic mass is 10.1. The summed E-state index contributed by atoms with van der Waals surface area (Å²) in [5.74, 6) is -1.07. The molecule has 0 fully saturated rings. The second-order valence-corrected chi connectivity index (χ2v) is 3.16. The van der Waals surface area contributed by atoms with Crippen molar-refractivity contribution >= 4 is 23.4 Å². The minimum Gasteiger partial charge on any atom is -0.464 e. The average molecular weight is 251 g/mol. The largest absolute Gasteiger partial charge is 0.464 e. The fourth-order valence-corrected chi connectivity index (χ4v) is 1.33. The van der Waals surface area contributed by atoms with Crippen molar-refractivity contribution in [2.75, 3.05) is 12.8 Å². The van der Waals surface area contributed by atoms with Crippen LogP contribution >= 0.6 is 11.6 Å². The van der Waals surface area contributed by atoms with E-state index in [0.717, 1.165) is 13.2 Å². The summed E-state index contributed by atoms with van der Waals surface area (Å²) in [6, 6.07) is 1.06. The van der Waals surface area contributed by atoms with Crippen LogP contribution in [0.2, 0.25) is 0 Å². The fraction of sp³-hybridized carbons (Fsp3) is 0.333. The summed E-state index contributed by atoms with van der Waals surface area (Å²) in [7, 11) is 1.07. The molecule has 0 saturated heterocycles. The molecule has 2 N–H and O–H groups in total. The van der Waals surface area contributed by atoms with E-state index < -0.39 is 23.7 Å². The third-order valence-electron chi connectivity index (χ3n) is 1.92. The number of esters is 1. The molecule has 1 heterocycles. The molecule has 16 heavy (non-hydrogen) atoms. The Morgan fingerprint density at radius 3 is 2.75 bits per heavy atom. The van der Waals surface area contributed by atoms with E-state index in [0.29, 0.717) is 0 Å². The van der Waals surface area contributed by atoms with Crippen molar-refractivity contribution in [3.63, 3.8) is 0 Å². The van der Waals surface area contributed by atoms with Crippen molar-refractivity contribution in [3.05, 3.63) is 22.9 Å². The van der Waals surface area contributed by atoms with Gasteiger partial charge in [0.05, 0.1) is 18.6 Å². The van der Waals surface area contributed by atoms with Gasteiger partial charge < -0.3 is 10.5 Å². The van der Waals surface area contributed by atoms with E-state index in [-0.39, 0.29) is 17.3 Å². The Kier molecular flexibility index (Phi) is 4.00. The zero-order valence-corrected chi connectivity index (χ0v) is 9.09. The SMILES string of the molecule is COC(=O)c1nc(N)c(CCl)cc1C(F)F. The fourth-order valence-electron chi connectivity index (χ4n) is 1.12. The van der Waals surface area contributed by atoms with Crippen molar-refractivity contribution < 1.29 is 18.3 Å². The second kappa shape index (κ2) is 5.07. The van der Waals surface area contributed by atoms with Gasteiger partial charge in [-0.1, -0.05) is 0 Å². The molecule has 0 aromatic carbocycles. The van der Waals surface area contributed by atoms with Crippen molar-refractivity contribution in [2.24, 2.45) is 0 Å². The van der Waals surface area contributed by atoms with E-state index in [4.69, 9.17) is 17.3 Å². The van der Waals surface area contributed by atoms with Gasteiger partial charge in [0.15, 0.2) is 5.69 Å². The number of hydrogen-bond donors (Lipinski definition) is 1. The molecule has 7 heteroatoms. The van der Waals surface area contributed by atoms with Crippen LogP contribution in [0.5, 0.6) is 0 Å². The highest BCUT2D eigenvalue weighted by molar-refractivity contribution is 6.17. The number of pyridine rings is 1. The molecule has 0 saturated carbocycles.